The average molecular weight is 234 g/mol. The monoisotopic (exact) mass is 234 g/mol. The topological polar surface area (TPSA) is 67.6 Å². The van der Waals surface area contributed by atoms with Crippen molar-refractivity contribution in [3.8, 4) is 0 Å². The highest BCUT2D eigenvalue weighted by Crippen LogP contribution is 2.28. The van der Waals surface area contributed by atoms with Crippen molar-refractivity contribution in [1.29, 1.82) is 0 Å². The molecule has 2 aromatic heterocycles. The molecule has 0 spiro atoms. The molecule has 4 heteroatoms. The van der Waals surface area contributed by atoms with Crippen LogP contribution in [0.5, 0.6) is 0 Å². The van der Waals surface area contributed by atoms with Gasteiger partial charge < -0.3 is 10.7 Å². The normalized spacial score (nSPS) is 11.6. The fourth-order valence-corrected chi connectivity index (χ4v) is 2.41. The zero-order valence-corrected chi connectivity index (χ0v) is 9.51. The Hall–Kier alpha value is -2.62. The smallest absolute Gasteiger partial charge is 0.197 e. The Morgan fingerprint density at radius 1 is 0.944 bits per heavy atom. The first-order valence-corrected chi connectivity index (χ1v) is 5.73. The summed E-state index contributed by atoms with van der Waals surface area (Å²) in [6.07, 6.45) is 3.62. The van der Waals surface area contributed by atoms with E-state index in [0.717, 1.165) is 21.8 Å². The van der Waals surface area contributed by atoms with E-state index in [0.29, 0.717) is 5.95 Å². The minimum atomic E-state index is 0.426. The highest BCUT2D eigenvalue weighted by atomic mass is 15.0. The molecule has 0 fully saturated rings. The molecule has 0 unspecified atom stereocenters. The Morgan fingerprint density at radius 2 is 1.89 bits per heavy atom. The molecule has 0 amide bonds. The third-order valence-corrected chi connectivity index (χ3v) is 3.27. The number of fused-ring (bicyclic) bond motifs is 4. The molecule has 4 nitrogen and oxygen atoms in total. The van der Waals surface area contributed by atoms with E-state index < -0.39 is 0 Å². The lowest BCUT2D eigenvalue weighted by Gasteiger charge is -2.04. The minimum Gasteiger partial charge on any atom is -0.369 e. The second kappa shape index (κ2) is 3.20. The third kappa shape index (κ3) is 1.20. The molecule has 0 saturated heterocycles. The van der Waals surface area contributed by atoms with Crippen LogP contribution in [0.1, 0.15) is 0 Å². The summed E-state index contributed by atoms with van der Waals surface area (Å²) in [6, 6.07) is 10.4. The van der Waals surface area contributed by atoms with Crippen LogP contribution in [0.15, 0.2) is 42.7 Å². The fourth-order valence-electron chi connectivity index (χ4n) is 2.41. The summed E-state index contributed by atoms with van der Waals surface area (Å²) < 4.78 is 0. The first kappa shape index (κ1) is 9.41. The van der Waals surface area contributed by atoms with Crippen molar-refractivity contribution >= 4 is 38.5 Å². The first-order chi connectivity index (χ1) is 8.81. The summed E-state index contributed by atoms with van der Waals surface area (Å²) in [5.74, 6) is 0.426. The highest BCUT2D eigenvalue weighted by molar-refractivity contribution is 6.10. The Labute approximate surface area is 102 Å². The minimum absolute atomic E-state index is 0.426. The number of nitrogens with two attached hydrogens (primary N) is 1. The molecule has 0 aliphatic carbocycles. The van der Waals surface area contributed by atoms with Crippen LogP contribution in [0.4, 0.5) is 5.95 Å². The second-order valence-electron chi connectivity index (χ2n) is 4.37. The van der Waals surface area contributed by atoms with Gasteiger partial charge in [-0.25, -0.2) is 4.98 Å². The molecule has 2 heterocycles. The van der Waals surface area contributed by atoms with Crippen molar-refractivity contribution < 1.29 is 0 Å². The number of nitrogens with zero attached hydrogens (tertiary/aromatic N) is 2. The molecular weight excluding hydrogens is 224 g/mol. The number of benzene rings is 2. The predicted octanol–water partition coefficient (Wildman–Crippen LogP) is 2.85. The van der Waals surface area contributed by atoms with Crippen molar-refractivity contribution in [3.05, 3.63) is 42.7 Å². The average Bonchev–Trinajstić information content (AvgIpc) is 2.85. The number of hydrogen-bond acceptors (Lipinski definition) is 3. The van der Waals surface area contributed by atoms with E-state index >= 15 is 0 Å². The zero-order valence-electron chi connectivity index (χ0n) is 9.51. The van der Waals surface area contributed by atoms with E-state index in [9.17, 15) is 0 Å². The molecule has 4 aromatic rings. The third-order valence-electron chi connectivity index (χ3n) is 3.27. The second-order valence-corrected chi connectivity index (χ2v) is 4.37. The van der Waals surface area contributed by atoms with Gasteiger partial charge in [0.15, 0.2) is 5.95 Å². The van der Waals surface area contributed by atoms with Crippen molar-refractivity contribution in [2.45, 2.75) is 0 Å². The maximum atomic E-state index is 5.68. The van der Waals surface area contributed by atoms with Crippen LogP contribution < -0.4 is 5.73 Å². The number of nitrogens with one attached hydrogen (secondary N) is 1. The number of aromatic nitrogens is 3. The van der Waals surface area contributed by atoms with Crippen LogP contribution >= 0.6 is 0 Å². The van der Waals surface area contributed by atoms with Gasteiger partial charge in [0.2, 0.25) is 0 Å². The molecule has 4 rings (SSSR count). The number of nitrogen functional groups attached to an aromatic ring is 1. The largest absolute Gasteiger partial charge is 0.369 e. The van der Waals surface area contributed by atoms with Gasteiger partial charge in [0, 0.05) is 23.2 Å². The number of aromatic amines is 1. The Kier molecular flexibility index (Phi) is 1.67. The molecule has 18 heavy (non-hydrogen) atoms. The van der Waals surface area contributed by atoms with E-state index in [1.807, 2.05) is 18.3 Å². The van der Waals surface area contributed by atoms with Crippen molar-refractivity contribution in [3.63, 3.8) is 0 Å². The molecule has 0 atom stereocenters. The molecule has 0 saturated carbocycles. The number of H-pyrrole nitrogens is 1. The van der Waals surface area contributed by atoms with E-state index in [4.69, 9.17) is 5.73 Å². The quantitative estimate of drug-likeness (QED) is 0.460. The molecule has 2 aromatic carbocycles. The van der Waals surface area contributed by atoms with Gasteiger partial charge in [-0.15, -0.1) is 0 Å². The van der Waals surface area contributed by atoms with E-state index in [1.54, 1.807) is 6.20 Å². The molecular formula is C14H10N4. The SMILES string of the molecule is Nc1ncc2cc3ccc4nccc4c3cc2[nH]1. The molecule has 0 radical (unpaired) electrons. The van der Waals surface area contributed by atoms with Crippen LogP contribution in [0.3, 0.4) is 0 Å². The maximum absolute atomic E-state index is 5.68. The van der Waals surface area contributed by atoms with Crippen LogP contribution in [0, 0.1) is 0 Å². The summed E-state index contributed by atoms with van der Waals surface area (Å²) in [7, 11) is 0. The highest BCUT2D eigenvalue weighted by Gasteiger charge is 2.04. The van der Waals surface area contributed by atoms with Gasteiger partial charge >= 0.3 is 0 Å². The Balaban J connectivity index is 2.25. The lowest BCUT2D eigenvalue weighted by atomic mass is 10.0. The van der Waals surface area contributed by atoms with Gasteiger partial charge in [-0.1, -0.05) is 6.07 Å². The van der Waals surface area contributed by atoms with Gasteiger partial charge in [0.25, 0.3) is 0 Å². The standard InChI is InChI=1S/C14H10N4/c15-14-17-7-9-5-8-1-2-12-10(3-4-16-12)11(8)6-13(9)18-14/h1-7H,(H3,15,17,18). The number of hydrogen-bond donors (Lipinski definition) is 2. The summed E-state index contributed by atoms with van der Waals surface area (Å²) in [4.78, 5) is 11.5. The summed E-state index contributed by atoms with van der Waals surface area (Å²) >= 11 is 0. The van der Waals surface area contributed by atoms with Crippen LogP contribution in [-0.2, 0) is 0 Å². The number of rotatable bonds is 0. The molecule has 3 N–H and O–H groups in total. The lowest BCUT2D eigenvalue weighted by molar-refractivity contribution is 1.24. The number of anilines is 1. The van der Waals surface area contributed by atoms with E-state index in [2.05, 4.69) is 33.2 Å². The van der Waals surface area contributed by atoms with Gasteiger partial charge in [0.05, 0.1) is 11.0 Å². The van der Waals surface area contributed by atoms with Crippen molar-refractivity contribution in [1.82, 2.24) is 15.0 Å². The van der Waals surface area contributed by atoms with Gasteiger partial charge in [-0.2, -0.15) is 0 Å². The Morgan fingerprint density at radius 3 is 2.83 bits per heavy atom. The summed E-state index contributed by atoms with van der Waals surface area (Å²) in [6.45, 7) is 0. The molecule has 0 aliphatic rings. The van der Waals surface area contributed by atoms with Gasteiger partial charge in [-0.3, -0.25) is 4.98 Å². The van der Waals surface area contributed by atoms with Gasteiger partial charge in [-0.05, 0) is 35.0 Å². The van der Waals surface area contributed by atoms with Crippen molar-refractivity contribution in [2.75, 3.05) is 5.73 Å². The fraction of sp³-hybridized carbons (Fsp3) is 0. The van der Waals surface area contributed by atoms with Crippen LogP contribution in [0.2, 0.25) is 0 Å². The van der Waals surface area contributed by atoms with E-state index in [1.165, 1.54) is 10.8 Å². The Bertz CT molecular complexity index is 892. The molecule has 86 valence electrons. The zero-order chi connectivity index (χ0) is 12.1. The summed E-state index contributed by atoms with van der Waals surface area (Å²) in [5, 5.41) is 4.58. The summed E-state index contributed by atoms with van der Waals surface area (Å²) in [5.41, 5.74) is 7.69. The maximum Gasteiger partial charge on any atom is 0.197 e. The molecule has 0 bridgehead atoms. The first-order valence-electron chi connectivity index (χ1n) is 5.73. The lowest BCUT2D eigenvalue weighted by Crippen LogP contribution is -1.93. The molecule has 0 aliphatic heterocycles. The van der Waals surface area contributed by atoms with E-state index in [-0.39, 0.29) is 0 Å². The van der Waals surface area contributed by atoms with Crippen LogP contribution in [-0.4, -0.2) is 15.0 Å². The van der Waals surface area contributed by atoms with Crippen molar-refractivity contribution in [2.24, 2.45) is 0 Å². The van der Waals surface area contributed by atoms with Gasteiger partial charge in [0.1, 0.15) is 0 Å². The van der Waals surface area contributed by atoms with Crippen LogP contribution in [0.25, 0.3) is 32.6 Å². The predicted molar refractivity (Wildman–Crippen MR) is 73.3 cm³/mol.